The Kier molecular flexibility index (Phi) is 10.2. The van der Waals surface area contributed by atoms with Gasteiger partial charge >= 0.3 is 11.8 Å². The van der Waals surface area contributed by atoms with Crippen molar-refractivity contribution >= 4 is 6.15 Å². The molecular weight excluding hydrogens is 498 g/mol. The molecule has 40 heavy (non-hydrogen) atoms. The Labute approximate surface area is 237 Å². The molecule has 6 heteroatoms. The molecule has 0 spiro atoms. The molecule has 0 atom stereocenters. The maximum absolute atomic E-state index is 13.0. The fourth-order valence-electron chi connectivity index (χ4n) is 4.94. The number of carbonyl (C=O) groups excluding carboxylic acids is 2. The number of aryl methyl sites for hydroxylation is 5. The Balaban J connectivity index is 0.00000141. The van der Waals surface area contributed by atoms with Crippen LogP contribution in [0.15, 0.2) is 65.5 Å². The Hall–Kier alpha value is -4.02. The first kappa shape index (κ1) is 30.5. The maximum atomic E-state index is 13.0. The van der Waals surface area contributed by atoms with Gasteiger partial charge in [0.05, 0.1) is 6.54 Å². The van der Waals surface area contributed by atoms with E-state index in [0.29, 0.717) is 13.1 Å². The molecule has 0 aliphatic rings. The van der Waals surface area contributed by atoms with Gasteiger partial charge in [-0.2, -0.15) is 14.7 Å². The van der Waals surface area contributed by atoms with E-state index >= 15 is 0 Å². The van der Waals surface area contributed by atoms with E-state index in [0.717, 1.165) is 30.7 Å². The van der Waals surface area contributed by atoms with Crippen LogP contribution in [0, 0.1) is 20.8 Å². The van der Waals surface area contributed by atoms with Crippen molar-refractivity contribution in [1.29, 1.82) is 0 Å². The lowest BCUT2D eigenvalue weighted by Gasteiger charge is -2.19. The van der Waals surface area contributed by atoms with E-state index in [2.05, 4.69) is 102 Å². The summed E-state index contributed by atoms with van der Waals surface area (Å²) in [4.78, 5) is 29.3. The van der Waals surface area contributed by atoms with E-state index in [9.17, 15) is 4.79 Å². The van der Waals surface area contributed by atoms with Gasteiger partial charge in [-0.15, -0.1) is 0 Å². The zero-order chi connectivity index (χ0) is 29.4. The van der Waals surface area contributed by atoms with Crippen LogP contribution in [-0.4, -0.2) is 20.5 Å². The van der Waals surface area contributed by atoms with E-state index in [1.54, 1.807) is 4.68 Å². The molecule has 0 saturated carbocycles. The lowest BCUT2D eigenvalue weighted by atomic mass is 9.87. The van der Waals surface area contributed by atoms with Crippen molar-refractivity contribution in [1.82, 2.24) is 14.3 Å². The van der Waals surface area contributed by atoms with E-state index in [1.165, 1.54) is 38.9 Å². The monoisotopic (exact) mass is 539 g/mol. The SMILES string of the molecule is CCn1c(CCCc2ccc(-c3ccc(C)c(C)c3)c(C)c2)nn(Cc2ccc(C(C)(C)C)cc2)c1=O.O=C=O. The average molecular weight is 540 g/mol. The number of hydrogen-bond acceptors (Lipinski definition) is 4. The van der Waals surface area contributed by atoms with Crippen LogP contribution in [0.25, 0.3) is 11.1 Å². The summed E-state index contributed by atoms with van der Waals surface area (Å²) in [5.74, 6) is 0.877. The highest BCUT2D eigenvalue weighted by atomic mass is 16.2. The first-order valence-corrected chi connectivity index (χ1v) is 13.9. The lowest BCUT2D eigenvalue weighted by molar-refractivity contribution is -0.191. The molecule has 6 nitrogen and oxygen atoms in total. The van der Waals surface area contributed by atoms with Gasteiger partial charge in [0.1, 0.15) is 5.82 Å². The highest BCUT2D eigenvalue weighted by Gasteiger charge is 2.15. The van der Waals surface area contributed by atoms with Crippen molar-refractivity contribution in [2.24, 2.45) is 0 Å². The Morgan fingerprint density at radius 3 is 2.02 bits per heavy atom. The summed E-state index contributed by atoms with van der Waals surface area (Å²) >= 11 is 0. The minimum absolute atomic E-state index is 0.0222. The molecule has 0 bridgehead atoms. The zero-order valence-electron chi connectivity index (χ0n) is 24.9. The van der Waals surface area contributed by atoms with Crippen LogP contribution in [0.3, 0.4) is 0 Å². The fraction of sp³-hybridized carbons (Fsp3) is 0.382. The number of aromatic nitrogens is 3. The Morgan fingerprint density at radius 1 is 0.800 bits per heavy atom. The molecule has 1 aromatic heterocycles. The Bertz CT molecular complexity index is 1530. The van der Waals surface area contributed by atoms with E-state index in [-0.39, 0.29) is 17.3 Å². The van der Waals surface area contributed by atoms with E-state index in [4.69, 9.17) is 14.7 Å². The second-order valence-electron chi connectivity index (χ2n) is 11.4. The molecular formula is C34H41N3O3. The molecule has 210 valence electrons. The molecule has 0 fully saturated rings. The van der Waals surface area contributed by atoms with Crippen molar-refractivity contribution in [2.75, 3.05) is 0 Å². The van der Waals surface area contributed by atoms with Gasteiger partial charge in [-0.1, -0.05) is 81.4 Å². The summed E-state index contributed by atoms with van der Waals surface area (Å²) in [6.45, 7) is 16.3. The highest BCUT2D eigenvalue weighted by Crippen LogP contribution is 2.27. The van der Waals surface area contributed by atoms with E-state index in [1.807, 2.05) is 11.5 Å². The summed E-state index contributed by atoms with van der Waals surface area (Å²) in [6, 6.07) is 22.0. The number of nitrogens with zero attached hydrogens (tertiary/aromatic N) is 3. The second-order valence-corrected chi connectivity index (χ2v) is 11.4. The van der Waals surface area contributed by atoms with Gasteiger partial charge in [0, 0.05) is 13.0 Å². The van der Waals surface area contributed by atoms with Gasteiger partial charge in [0.25, 0.3) is 0 Å². The predicted molar refractivity (Wildman–Crippen MR) is 160 cm³/mol. The van der Waals surface area contributed by atoms with E-state index < -0.39 is 0 Å². The van der Waals surface area contributed by atoms with Crippen molar-refractivity contribution in [3.05, 3.63) is 110 Å². The molecule has 0 aliphatic heterocycles. The van der Waals surface area contributed by atoms with Crippen molar-refractivity contribution in [3.8, 4) is 11.1 Å². The van der Waals surface area contributed by atoms with Crippen molar-refractivity contribution in [3.63, 3.8) is 0 Å². The molecule has 0 unspecified atom stereocenters. The fourth-order valence-corrected chi connectivity index (χ4v) is 4.94. The second kappa shape index (κ2) is 13.4. The molecule has 4 aromatic rings. The first-order valence-electron chi connectivity index (χ1n) is 13.9. The summed E-state index contributed by atoms with van der Waals surface area (Å²) in [7, 11) is 0. The van der Waals surface area contributed by atoms with Crippen molar-refractivity contribution in [2.45, 2.75) is 86.2 Å². The highest BCUT2D eigenvalue weighted by molar-refractivity contribution is 5.68. The molecule has 4 rings (SSSR count). The van der Waals surface area contributed by atoms with Crippen LogP contribution >= 0.6 is 0 Å². The lowest BCUT2D eigenvalue weighted by Crippen LogP contribution is -2.25. The van der Waals surface area contributed by atoms with Gasteiger partial charge in [-0.05, 0) is 90.5 Å². The van der Waals surface area contributed by atoms with Gasteiger partial charge in [0.2, 0.25) is 0 Å². The van der Waals surface area contributed by atoms with Crippen LogP contribution in [-0.2, 0) is 40.9 Å². The molecule has 0 amide bonds. The number of hydrogen-bond donors (Lipinski definition) is 0. The standard InChI is InChI=1S/C33H41N3O.CO2/c1-8-35-31(34-36(32(35)37)22-27-13-17-29(18-14-27)33(5,6)7)11-9-10-26-15-19-30(25(4)20-26)28-16-12-23(2)24(3)21-28;2-1-3/h12-21H,8-11,22H2,1-7H3;. The van der Waals surface area contributed by atoms with Gasteiger partial charge in [-0.3, -0.25) is 4.57 Å². The summed E-state index contributed by atoms with van der Waals surface area (Å²) < 4.78 is 3.44. The Morgan fingerprint density at radius 2 is 1.45 bits per heavy atom. The zero-order valence-corrected chi connectivity index (χ0v) is 24.9. The third-order valence-electron chi connectivity index (χ3n) is 7.44. The van der Waals surface area contributed by atoms with Gasteiger partial charge in [0.15, 0.2) is 0 Å². The van der Waals surface area contributed by atoms with Crippen LogP contribution in [0.5, 0.6) is 0 Å². The third-order valence-corrected chi connectivity index (χ3v) is 7.44. The summed E-state index contributed by atoms with van der Waals surface area (Å²) in [5.41, 5.74) is 10.3. The van der Waals surface area contributed by atoms with Crippen LogP contribution in [0.4, 0.5) is 0 Å². The van der Waals surface area contributed by atoms with Crippen LogP contribution in [0.2, 0.25) is 0 Å². The topological polar surface area (TPSA) is 74.0 Å². The van der Waals surface area contributed by atoms with Crippen molar-refractivity contribution < 1.29 is 9.59 Å². The molecule has 0 N–H and O–H groups in total. The third kappa shape index (κ3) is 7.55. The quantitative estimate of drug-likeness (QED) is 0.253. The minimum Gasteiger partial charge on any atom is -0.279 e. The van der Waals surface area contributed by atoms with Gasteiger partial charge < -0.3 is 0 Å². The normalized spacial score (nSPS) is 11.1. The molecule has 0 radical (unpaired) electrons. The summed E-state index contributed by atoms with van der Waals surface area (Å²) in [6.07, 6.45) is 2.96. The maximum Gasteiger partial charge on any atom is 0.373 e. The van der Waals surface area contributed by atoms with Gasteiger partial charge in [-0.25, -0.2) is 9.48 Å². The number of benzene rings is 3. The average Bonchev–Trinajstić information content (AvgIpc) is 3.20. The predicted octanol–water partition coefficient (Wildman–Crippen LogP) is 6.59. The minimum atomic E-state index is -0.0222. The van der Waals surface area contributed by atoms with Crippen LogP contribution in [0.1, 0.15) is 73.3 Å². The largest absolute Gasteiger partial charge is 0.373 e. The molecule has 0 saturated heterocycles. The molecule has 3 aromatic carbocycles. The summed E-state index contributed by atoms with van der Waals surface area (Å²) in [5, 5.41) is 4.73. The first-order chi connectivity index (χ1) is 19.0. The molecule has 0 aliphatic carbocycles. The smallest absolute Gasteiger partial charge is 0.279 e. The molecule has 1 heterocycles. The van der Waals surface area contributed by atoms with Crippen LogP contribution < -0.4 is 5.69 Å². The number of rotatable bonds is 8.